The van der Waals surface area contributed by atoms with Crippen molar-refractivity contribution >= 4 is 51.4 Å². The maximum Gasteiger partial charge on any atom is 0.326 e. The molecule has 0 saturated carbocycles. The molecule has 13 nitrogen and oxygen atoms in total. The highest BCUT2D eigenvalue weighted by atomic mass is 16.4. The Labute approximate surface area is 265 Å². The predicted molar refractivity (Wildman–Crippen MR) is 173 cm³/mol. The van der Waals surface area contributed by atoms with Crippen molar-refractivity contribution in [3.8, 4) is 0 Å². The van der Waals surface area contributed by atoms with Gasteiger partial charge in [0.2, 0.25) is 23.6 Å². The Kier molecular flexibility index (Phi) is 11.2. The lowest BCUT2D eigenvalue weighted by molar-refractivity contribution is -0.142. The molecule has 2 aromatic carbocycles. The molecule has 4 amide bonds. The molecule has 0 fully saturated rings. The van der Waals surface area contributed by atoms with E-state index >= 15 is 0 Å². The second-order valence-corrected chi connectivity index (χ2v) is 11.9. The number of fused-ring (bicyclic) bond motifs is 2. The molecule has 244 valence electrons. The summed E-state index contributed by atoms with van der Waals surface area (Å²) >= 11 is 0. The lowest BCUT2D eigenvalue weighted by atomic mass is 9.99. The summed E-state index contributed by atoms with van der Waals surface area (Å²) in [7, 11) is 0. The van der Waals surface area contributed by atoms with E-state index in [1.807, 2.05) is 62.4 Å². The summed E-state index contributed by atoms with van der Waals surface area (Å²) in [5.74, 6) is -4.01. The third kappa shape index (κ3) is 8.72. The van der Waals surface area contributed by atoms with Crippen LogP contribution in [0.25, 0.3) is 21.8 Å². The number of amides is 4. The van der Waals surface area contributed by atoms with Gasteiger partial charge in [0, 0.05) is 47.0 Å². The first kappa shape index (κ1) is 33.7. The molecular formula is C33H41N7O6. The number of carbonyl (C=O) groups is 5. The van der Waals surface area contributed by atoms with Gasteiger partial charge >= 0.3 is 5.97 Å². The molecule has 4 rings (SSSR count). The van der Waals surface area contributed by atoms with Crippen molar-refractivity contribution in [2.24, 2.45) is 17.4 Å². The van der Waals surface area contributed by atoms with Crippen LogP contribution in [0.4, 0.5) is 0 Å². The predicted octanol–water partition coefficient (Wildman–Crippen LogP) is 1.61. The number of hydrogen-bond donors (Lipinski definition) is 8. The van der Waals surface area contributed by atoms with Gasteiger partial charge in [-0.25, -0.2) is 4.79 Å². The highest BCUT2D eigenvalue weighted by Crippen LogP contribution is 2.21. The fourth-order valence-corrected chi connectivity index (χ4v) is 5.43. The minimum absolute atomic E-state index is 0.0591. The monoisotopic (exact) mass is 631 g/mol. The Hall–Kier alpha value is -5.17. The summed E-state index contributed by atoms with van der Waals surface area (Å²) < 4.78 is 0. The average Bonchev–Trinajstić information content (AvgIpc) is 3.61. The molecule has 0 aliphatic heterocycles. The first-order chi connectivity index (χ1) is 21.9. The van der Waals surface area contributed by atoms with E-state index in [-0.39, 0.29) is 38.0 Å². The molecular weight excluding hydrogens is 590 g/mol. The number of primary amides is 1. The van der Waals surface area contributed by atoms with Gasteiger partial charge in [-0.2, -0.15) is 0 Å². The van der Waals surface area contributed by atoms with Crippen molar-refractivity contribution in [2.75, 3.05) is 0 Å². The van der Waals surface area contributed by atoms with E-state index in [9.17, 15) is 29.1 Å². The first-order valence-electron chi connectivity index (χ1n) is 15.2. The Morgan fingerprint density at radius 3 is 1.78 bits per heavy atom. The van der Waals surface area contributed by atoms with Gasteiger partial charge in [-0.15, -0.1) is 0 Å². The zero-order valence-electron chi connectivity index (χ0n) is 25.8. The molecule has 46 heavy (non-hydrogen) atoms. The van der Waals surface area contributed by atoms with Crippen LogP contribution < -0.4 is 27.4 Å². The number of aliphatic carboxylic acids is 1. The smallest absolute Gasteiger partial charge is 0.326 e. The average molecular weight is 632 g/mol. The molecule has 0 aliphatic carbocycles. The van der Waals surface area contributed by atoms with E-state index in [4.69, 9.17) is 11.5 Å². The Balaban J connectivity index is 1.54. The van der Waals surface area contributed by atoms with E-state index in [1.54, 1.807) is 12.4 Å². The topological polar surface area (TPSA) is 225 Å². The Bertz CT molecular complexity index is 1710. The summed E-state index contributed by atoms with van der Waals surface area (Å²) in [6.07, 6.45) is 3.62. The van der Waals surface area contributed by atoms with Gasteiger partial charge in [0.05, 0.1) is 6.04 Å². The molecule has 0 spiro atoms. The number of benzene rings is 2. The number of carboxylic acid groups (broad SMARTS) is 1. The SMILES string of the molecule is CC(C)CC(NC(=O)C(Cc1c[nH]c2ccccc12)NC(=O)C(N)Cc1c[nH]c2ccccc12)C(=O)NC(CCC(N)=O)C(=O)O. The second-order valence-electron chi connectivity index (χ2n) is 11.9. The van der Waals surface area contributed by atoms with Crippen molar-refractivity contribution in [2.45, 2.75) is 70.1 Å². The zero-order valence-corrected chi connectivity index (χ0v) is 25.8. The number of nitrogens with two attached hydrogens (primary N) is 2. The second kappa shape index (κ2) is 15.2. The maximum atomic E-state index is 13.8. The van der Waals surface area contributed by atoms with Gasteiger partial charge in [0.25, 0.3) is 0 Å². The van der Waals surface area contributed by atoms with Crippen molar-refractivity contribution in [1.29, 1.82) is 0 Å². The van der Waals surface area contributed by atoms with E-state index in [2.05, 4.69) is 25.9 Å². The molecule has 10 N–H and O–H groups in total. The number of hydrogen-bond acceptors (Lipinski definition) is 6. The maximum absolute atomic E-state index is 13.8. The molecule has 2 aromatic heterocycles. The van der Waals surface area contributed by atoms with Gasteiger partial charge in [-0.05, 0) is 48.4 Å². The van der Waals surface area contributed by atoms with E-state index in [1.165, 1.54) is 0 Å². The van der Waals surface area contributed by atoms with Gasteiger partial charge in [-0.3, -0.25) is 19.2 Å². The van der Waals surface area contributed by atoms with Crippen LogP contribution in [0.3, 0.4) is 0 Å². The molecule has 0 radical (unpaired) electrons. The number of para-hydroxylation sites is 2. The highest BCUT2D eigenvalue weighted by molar-refractivity contribution is 5.95. The van der Waals surface area contributed by atoms with Crippen molar-refractivity contribution in [3.05, 3.63) is 72.1 Å². The number of H-pyrrole nitrogens is 2. The van der Waals surface area contributed by atoms with Gasteiger partial charge in [0.1, 0.15) is 18.1 Å². The molecule has 4 unspecified atom stereocenters. The number of aromatic amines is 2. The molecule has 2 heterocycles. The minimum atomic E-state index is -1.38. The van der Waals surface area contributed by atoms with Crippen LogP contribution in [0.2, 0.25) is 0 Å². The first-order valence-corrected chi connectivity index (χ1v) is 15.2. The zero-order chi connectivity index (χ0) is 33.4. The molecule has 0 aliphatic rings. The van der Waals surface area contributed by atoms with Crippen LogP contribution in [0.1, 0.15) is 44.2 Å². The fraction of sp³-hybridized carbons (Fsp3) is 0.364. The van der Waals surface area contributed by atoms with Gasteiger partial charge < -0.3 is 42.5 Å². The van der Waals surface area contributed by atoms with Crippen LogP contribution in [0.15, 0.2) is 60.9 Å². The molecule has 13 heteroatoms. The number of carboxylic acids is 1. The lowest BCUT2D eigenvalue weighted by Gasteiger charge is -2.26. The highest BCUT2D eigenvalue weighted by Gasteiger charge is 2.31. The van der Waals surface area contributed by atoms with E-state index < -0.39 is 53.8 Å². The fourth-order valence-electron chi connectivity index (χ4n) is 5.43. The van der Waals surface area contributed by atoms with Crippen molar-refractivity contribution in [3.63, 3.8) is 0 Å². The van der Waals surface area contributed by atoms with Crippen molar-refractivity contribution < 1.29 is 29.1 Å². The number of aromatic nitrogens is 2. The molecule has 4 atom stereocenters. The van der Waals surface area contributed by atoms with Gasteiger partial charge in [0.15, 0.2) is 0 Å². The standard InChI is InChI=1S/C33H41N7O6/c1-18(2)13-27(31(43)38-26(33(45)46)11-12-29(35)41)40-32(44)28(15-20-17-37-25-10-6-4-8-22(20)25)39-30(42)23(34)14-19-16-36-24-9-5-3-7-21(19)24/h3-10,16-18,23,26-28,36-37H,11-15,34H2,1-2H3,(H2,35,41)(H,38,43)(H,39,42)(H,40,44)(H,45,46). The minimum Gasteiger partial charge on any atom is -0.480 e. The number of rotatable bonds is 16. The normalized spacial score (nSPS) is 14.0. The summed E-state index contributed by atoms with van der Waals surface area (Å²) in [6.45, 7) is 3.70. The largest absolute Gasteiger partial charge is 0.480 e. The van der Waals surface area contributed by atoms with Crippen LogP contribution in [0, 0.1) is 5.92 Å². The number of carbonyl (C=O) groups excluding carboxylic acids is 4. The Morgan fingerprint density at radius 1 is 0.739 bits per heavy atom. The summed E-state index contributed by atoms with van der Waals surface area (Å²) in [5, 5.41) is 19.3. The van der Waals surface area contributed by atoms with Crippen LogP contribution in [0.5, 0.6) is 0 Å². The van der Waals surface area contributed by atoms with Crippen LogP contribution in [-0.2, 0) is 36.8 Å². The summed E-state index contributed by atoms with van der Waals surface area (Å²) in [5.41, 5.74) is 14.9. The molecule has 0 bridgehead atoms. The third-order valence-corrected chi connectivity index (χ3v) is 7.82. The molecule has 4 aromatic rings. The molecule has 0 saturated heterocycles. The van der Waals surface area contributed by atoms with Crippen LogP contribution >= 0.6 is 0 Å². The van der Waals surface area contributed by atoms with E-state index in [0.29, 0.717) is 0 Å². The lowest BCUT2D eigenvalue weighted by Crippen LogP contribution is -2.58. The van der Waals surface area contributed by atoms with Crippen molar-refractivity contribution in [1.82, 2.24) is 25.9 Å². The third-order valence-electron chi connectivity index (χ3n) is 7.82. The van der Waals surface area contributed by atoms with Crippen LogP contribution in [-0.4, -0.2) is 68.8 Å². The van der Waals surface area contributed by atoms with E-state index in [0.717, 1.165) is 32.9 Å². The van der Waals surface area contributed by atoms with Gasteiger partial charge in [-0.1, -0.05) is 50.2 Å². The Morgan fingerprint density at radius 2 is 1.24 bits per heavy atom. The quantitative estimate of drug-likeness (QED) is 0.0911. The number of nitrogens with one attached hydrogen (secondary N) is 5. The summed E-state index contributed by atoms with van der Waals surface area (Å²) in [6, 6.07) is 10.6. The summed E-state index contributed by atoms with van der Waals surface area (Å²) in [4.78, 5) is 69.9.